The third-order valence-corrected chi connectivity index (χ3v) is 4.43. The molecule has 1 rings (SSSR count). The Morgan fingerprint density at radius 3 is 2.28 bits per heavy atom. The van der Waals surface area contributed by atoms with Gasteiger partial charge in [0.2, 0.25) is 0 Å². The smallest absolute Gasteiger partial charge is 0.0246 e. The third-order valence-electron chi connectivity index (χ3n) is 4.43. The first-order chi connectivity index (χ1) is 8.72. The Kier molecular flexibility index (Phi) is 7.92. The molecule has 0 aromatic rings. The molecule has 0 spiro atoms. The van der Waals surface area contributed by atoms with Gasteiger partial charge in [0.25, 0.3) is 0 Å². The van der Waals surface area contributed by atoms with Gasteiger partial charge in [0, 0.05) is 12.1 Å². The van der Waals surface area contributed by atoms with Crippen molar-refractivity contribution in [3.05, 3.63) is 0 Å². The molecule has 1 aliphatic heterocycles. The highest BCUT2D eigenvalue weighted by Crippen LogP contribution is 2.22. The van der Waals surface area contributed by atoms with E-state index < -0.39 is 0 Å². The highest BCUT2D eigenvalue weighted by atomic mass is 15.2. The average Bonchev–Trinajstić information content (AvgIpc) is 2.39. The van der Waals surface area contributed by atoms with E-state index in [1.165, 1.54) is 58.2 Å². The summed E-state index contributed by atoms with van der Waals surface area (Å²) in [7, 11) is 0. The Labute approximate surface area is 115 Å². The fraction of sp³-hybridized carbons (Fsp3) is 1.00. The fourth-order valence-electron chi connectivity index (χ4n) is 3.23. The standard InChI is InChI=1S/C16H34N2/c1-5-8-15(17-11-6-2)16(7-3)18-12-9-14(4)10-13-18/h14-17H,5-13H2,1-4H3. The van der Waals surface area contributed by atoms with Crippen LogP contribution in [0.5, 0.6) is 0 Å². The van der Waals surface area contributed by atoms with Crippen molar-refractivity contribution in [2.24, 2.45) is 5.92 Å². The molecule has 1 N–H and O–H groups in total. The van der Waals surface area contributed by atoms with Gasteiger partial charge in [-0.1, -0.05) is 34.1 Å². The van der Waals surface area contributed by atoms with Gasteiger partial charge in [-0.2, -0.15) is 0 Å². The zero-order chi connectivity index (χ0) is 13.4. The molecule has 0 bridgehead atoms. The van der Waals surface area contributed by atoms with Crippen LogP contribution >= 0.6 is 0 Å². The molecule has 2 unspecified atom stereocenters. The van der Waals surface area contributed by atoms with Gasteiger partial charge in [-0.3, -0.25) is 4.90 Å². The van der Waals surface area contributed by atoms with E-state index in [1.807, 2.05) is 0 Å². The topological polar surface area (TPSA) is 15.3 Å². The predicted octanol–water partition coefficient (Wildman–Crippen LogP) is 3.67. The van der Waals surface area contributed by atoms with Crippen molar-refractivity contribution in [3.8, 4) is 0 Å². The van der Waals surface area contributed by atoms with Crippen molar-refractivity contribution >= 4 is 0 Å². The minimum atomic E-state index is 0.702. The highest BCUT2D eigenvalue weighted by Gasteiger charge is 2.27. The van der Waals surface area contributed by atoms with Crippen LogP contribution in [0.25, 0.3) is 0 Å². The molecule has 2 nitrogen and oxygen atoms in total. The number of nitrogens with zero attached hydrogens (tertiary/aromatic N) is 1. The van der Waals surface area contributed by atoms with Crippen LogP contribution in [0.15, 0.2) is 0 Å². The Morgan fingerprint density at radius 2 is 1.78 bits per heavy atom. The molecule has 0 amide bonds. The zero-order valence-electron chi connectivity index (χ0n) is 13.0. The van der Waals surface area contributed by atoms with Crippen molar-refractivity contribution < 1.29 is 0 Å². The van der Waals surface area contributed by atoms with E-state index in [4.69, 9.17) is 0 Å². The summed E-state index contributed by atoms with van der Waals surface area (Å²) in [6, 6.07) is 1.46. The van der Waals surface area contributed by atoms with E-state index in [0.717, 1.165) is 12.0 Å². The van der Waals surface area contributed by atoms with Gasteiger partial charge >= 0.3 is 0 Å². The zero-order valence-corrected chi connectivity index (χ0v) is 13.0. The molecule has 0 aromatic heterocycles. The quantitative estimate of drug-likeness (QED) is 0.711. The maximum atomic E-state index is 3.79. The number of likely N-dealkylation sites (tertiary alicyclic amines) is 1. The molecule has 0 saturated carbocycles. The van der Waals surface area contributed by atoms with Crippen LogP contribution in [0.4, 0.5) is 0 Å². The molecule has 0 aromatic carbocycles. The second kappa shape index (κ2) is 8.92. The molecule has 1 heterocycles. The van der Waals surface area contributed by atoms with Crippen LogP contribution in [-0.2, 0) is 0 Å². The second-order valence-electron chi connectivity index (χ2n) is 6.04. The Bertz CT molecular complexity index is 197. The molecular weight excluding hydrogens is 220 g/mol. The van der Waals surface area contributed by atoms with Crippen LogP contribution in [0.2, 0.25) is 0 Å². The number of nitrogens with one attached hydrogen (secondary N) is 1. The molecule has 1 aliphatic rings. The normalized spacial score (nSPS) is 22.0. The lowest BCUT2D eigenvalue weighted by Gasteiger charge is -2.40. The van der Waals surface area contributed by atoms with Crippen LogP contribution in [0.1, 0.15) is 66.2 Å². The first-order valence-corrected chi connectivity index (χ1v) is 8.20. The molecule has 108 valence electrons. The number of hydrogen-bond donors (Lipinski definition) is 1. The summed E-state index contributed by atoms with van der Waals surface area (Å²) in [6.45, 7) is 13.1. The van der Waals surface area contributed by atoms with Crippen molar-refractivity contribution in [3.63, 3.8) is 0 Å². The van der Waals surface area contributed by atoms with E-state index in [-0.39, 0.29) is 0 Å². The van der Waals surface area contributed by atoms with E-state index >= 15 is 0 Å². The molecule has 0 aliphatic carbocycles. The van der Waals surface area contributed by atoms with Crippen molar-refractivity contribution in [2.45, 2.75) is 78.3 Å². The van der Waals surface area contributed by atoms with Crippen LogP contribution < -0.4 is 5.32 Å². The first-order valence-electron chi connectivity index (χ1n) is 8.20. The number of rotatable bonds is 8. The average molecular weight is 254 g/mol. The summed E-state index contributed by atoms with van der Waals surface area (Å²) in [4.78, 5) is 2.75. The maximum Gasteiger partial charge on any atom is 0.0246 e. The monoisotopic (exact) mass is 254 g/mol. The largest absolute Gasteiger partial charge is 0.312 e. The van der Waals surface area contributed by atoms with Gasteiger partial charge in [-0.05, 0) is 57.7 Å². The van der Waals surface area contributed by atoms with Crippen LogP contribution in [0, 0.1) is 5.92 Å². The Balaban J connectivity index is 2.53. The van der Waals surface area contributed by atoms with Gasteiger partial charge in [0.1, 0.15) is 0 Å². The Hall–Kier alpha value is -0.0800. The third kappa shape index (κ3) is 4.89. The van der Waals surface area contributed by atoms with Gasteiger partial charge < -0.3 is 5.32 Å². The Morgan fingerprint density at radius 1 is 1.11 bits per heavy atom. The molecule has 1 fully saturated rings. The van der Waals surface area contributed by atoms with E-state index in [0.29, 0.717) is 6.04 Å². The van der Waals surface area contributed by atoms with E-state index in [9.17, 15) is 0 Å². The summed E-state index contributed by atoms with van der Waals surface area (Å²) in [5, 5.41) is 3.79. The lowest BCUT2D eigenvalue weighted by molar-refractivity contribution is 0.104. The summed E-state index contributed by atoms with van der Waals surface area (Å²) < 4.78 is 0. The van der Waals surface area contributed by atoms with Crippen LogP contribution in [-0.4, -0.2) is 36.6 Å². The number of piperidine rings is 1. The summed E-state index contributed by atoms with van der Waals surface area (Å²) in [6.07, 6.45) is 7.93. The van der Waals surface area contributed by atoms with Gasteiger partial charge in [-0.25, -0.2) is 0 Å². The molecule has 0 radical (unpaired) electrons. The van der Waals surface area contributed by atoms with Crippen molar-refractivity contribution in [1.29, 1.82) is 0 Å². The molecule has 2 atom stereocenters. The lowest BCUT2D eigenvalue weighted by Crippen LogP contribution is -2.52. The summed E-state index contributed by atoms with van der Waals surface area (Å²) >= 11 is 0. The minimum absolute atomic E-state index is 0.702. The number of hydrogen-bond acceptors (Lipinski definition) is 2. The highest BCUT2D eigenvalue weighted by molar-refractivity contribution is 4.85. The van der Waals surface area contributed by atoms with Crippen molar-refractivity contribution in [1.82, 2.24) is 10.2 Å². The summed E-state index contributed by atoms with van der Waals surface area (Å²) in [5.74, 6) is 0.937. The lowest BCUT2D eigenvalue weighted by atomic mass is 9.93. The second-order valence-corrected chi connectivity index (χ2v) is 6.04. The fourth-order valence-corrected chi connectivity index (χ4v) is 3.23. The first kappa shape index (κ1) is 16.0. The van der Waals surface area contributed by atoms with Crippen LogP contribution in [0.3, 0.4) is 0 Å². The van der Waals surface area contributed by atoms with E-state index in [1.54, 1.807) is 0 Å². The minimum Gasteiger partial charge on any atom is -0.312 e. The predicted molar refractivity (Wildman–Crippen MR) is 81.0 cm³/mol. The maximum absolute atomic E-state index is 3.79. The summed E-state index contributed by atoms with van der Waals surface area (Å²) in [5.41, 5.74) is 0. The van der Waals surface area contributed by atoms with Gasteiger partial charge in [0.05, 0.1) is 0 Å². The molecule has 2 heteroatoms. The SMILES string of the molecule is CCCNC(CCC)C(CC)N1CCC(C)CC1. The molecule has 18 heavy (non-hydrogen) atoms. The van der Waals surface area contributed by atoms with Gasteiger partial charge in [0.15, 0.2) is 0 Å². The van der Waals surface area contributed by atoms with E-state index in [2.05, 4.69) is 37.9 Å². The van der Waals surface area contributed by atoms with Gasteiger partial charge in [-0.15, -0.1) is 0 Å². The van der Waals surface area contributed by atoms with Crippen molar-refractivity contribution in [2.75, 3.05) is 19.6 Å². The molecular formula is C16H34N2. The molecule has 1 saturated heterocycles.